The van der Waals surface area contributed by atoms with E-state index in [-0.39, 0.29) is 12.5 Å². The lowest BCUT2D eigenvalue weighted by atomic mass is 10.2. The van der Waals surface area contributed by atoms with Gasteiger partial charge in [0.25, 0.3) is 0 Å². The fourth-order valence-corrected chi connectivity index (χ4v) is 2.42. The molecule has 6 heteroatoms. The summed E-state index contributed by atoms with van der Waals surface area (Å²) in [6.45, 7) is 0.604. The van der Waals surface area contributed by atoms with Crippen LogP contribution < -0.4 is 5.32 Å². The molecule has 0 saturated heterocycles. The van der Waals surface area contributed by atoms with E-state index < -0.39 is 0 Å². The first-order valence-electron chi connectivity index (χ1n) is 6.74. The Morgan fingerprint density at radius 1 is 1.33 bits per heavy atom. The topological polar surface area (TPSA) is 75.4 Å². The van der Waals surface area contributed by atoms with E-state index in [1.165, 1.54) is 11.8 Å². The molecular formula is C15H18N2O3S. The number of carbonyl (C=O) groups is 1. The Morgan fingerprint density at radius 3 is 2.90 bits per heavy atom. The van der Waals surface area contributed by atoms with Crippen LogP contribution in [0.25, 0.3) is 11.5 Å². The van der Waals surface area contributed by atoms with Crippen molar-refractivity contribution in [2.75, 3.05) is 18.9 Å². The van der Waals surface area contributed by atoms with E-state index in [9.17, 15) is 4.79 Å². The van der Waals surface area contributed by atoms with Crippen LogP contribution in [0.2, 0.25) is 0 Å². The van der Waals surface area contributed by atoms with Gasteiger partial charge in [0.2, 0.25) is 11.8 Å². The maximum absolute atomic E-state index is 11.5. The van der Waals surface area contributed by atoms with Crippen LogP contribution in [0.5, 0.6) is 0 Å². The molecule has 0 bridgehead atoms. The molecule has 1 heterocycles. The summed E-state index contributed by atoms with van der Waals surface area (Å²) in [6, 6.07) is 9.70. The Kier molecular flexibility index (Phi) is 6.30. The van der Waals surface area contributed by atoms with Crippen molar-refractivity contribution < 1.29 is 14.3 Å². The minimum atomic E-state index is -0.0276. The molecule has 0 saturated carbocycles. The molecule has 0 aliphatic carbocycles. The van der Waals surface area contributed by atoms with Crippen LogP contribution in [-0.4, -0.2) is 34.9 Å². The zero-order chi connectivity index (χ0) is 14.9. The number of nitrogens with one attached hydrogen (secondary N) is 1. The number of carbonyl (C=O) groups excluding carboxylic acids is 1. The van der Waals surface area contributed by atoms with E-state index in [2.05, 4.69) is 10.3 Å². The summed E-state index contributed by atoms with van der Waals surface area (Å²) in [5.41, 5.74) is 1.76. The van der Waals surface area contributed by atoms with E-state index in [4.69, 9.17) is 9.52 Å². The van der Waals surface area contributed by atoms with E-state index in [0.717, 1.165) is 11.3 Å². The van der Waals surface area contributed by atoms with Crippen molar-refractivity contribution in [1.82, 2.24) is 10.3 Å². The zero-order valence-corrected chi connectivity index (χ0v) is 12.4. The van der Waals surface area contributed by atoms with Gasteiger partial charge in [0.15, 0.2) is 0 Å². The highest BCUT2D eigenvalue weighted by atomic mass is 32.2. The number of aliphatic hydroxyl groups is 1. The normalized spacial score (nSPS) is 10.5. The van der Waals surface area contributed by atoms with E-state index in [1.54, 1.807) is 6.26 Å². The molecule has 5 nitrogen and oxygen atoms in total. The van der Waals surface area contributed by atoms with Gasteiger partial charge < -0.3 is 14.8 Å². The molecule has 2 aromatic rings. The summed E-state index contributed by atoms with van der Waals surface area (Å²) in [7, 11) is 0. The predicted octanol–water partition coefficient (Wildman–Crippen LogP) is 2.07. The molecule has 0 unspecified atom stereocenters. The lowest BCUT2D eigenvalue weighted by Gasteiger charge is -2.02. The largest absolute Gasteiger partial charge is 0.444 e. The molecular weight excluding hydrogens is 288 g/mol. The van der Waals surface area contributed by atoms with Crippen molar-refractivity contribution >= 4 is 17.7 Å². The highest BCUT2D eigenvalue weighted by Gasteiger charge is 2.07. The summed E-state index contributed by atoms with van der Waals surface area (Å²) < 4.78 is 5.43. The van der Waals surface area contributed by atoms with E-state index >= 15 is 0 Å². The van der Waals surface area contributed by atoms with Gasteiger partial charge in [-0.05, 0) is 18.6 Å². The molecule has 0 aliphatic rings. The maximum Gasteiger partial charge on any atom is 0.230 e. The summed E-state index contributed by atoms with van der Waals surface area (Å²) in [6.07, 6.45) is 2.21. The second-order valence-corrected chi connectivity index (χ2v) is 5.42. The standard InChI is InChI=1S/C15H18N2O3S/c18-8-4-7-16-14(19)11-21-10-13-9-20-15(17-13)12-5-2-1-3-6-12/h1-3,5-6,9,18H,4,7-8,10-11H2,(H,16,19). The number of rotatable bonds is 8. The van der Waals surface area contributed by atoms with Crippen molar-refractivity contribution in [2.45, 2.75) is 12.2 Å². The SMILES string of the molecule is O=C(CSCc1coc(-c2ccccc2)n1)NCCCO. The third-order valence-corrected chi connectivity index (χ3v) is 3.68. The Balaban J connectivity index is 1.75. The van der Waals surface area contributed by atoms with Crippen LogP contribution in [0.4, 0.5) is 0 Å². The fraction of sp³-hybridized carbons (Fsp3) is 0.333. The van der Waals surface area contributed by atoms with Crippen LogP contribution >= 0.6 is 11.8 Å². The minimum absolute atomic E-state index is 0.0276. The number of hydrogen-bond acceptors (Lipinski definition) is 5. The Labute approximate surface area is 127 Å². The molecule has 2 N–H and O–H groups in total. The molecule has 1 amide bonds. The maximum atomic E-state index is 11.5. The zero-order valence-electron chi connectivity index (χ0n) is 11.6. The summed E-state index contributed by atoms with van der Waals surface area (Å²) in [5.74, 6) is 1.57. The van der Waals surface area contributed by atoms with E-state index in [1.807, 2.05) is 30.3 Å². The monoisotopic (exact) mass is 306 g/mol. The van der Waals surface area contributed by atoms with Gasteiger partial charge in [0, 0.05) is 24.5 Å². The second kappa shape index (κ2) is 8.49. The van der Waals surface area contributed by atoms with Crippen LogP contribution in [-0.2, 0) is 10.5 Å². The van der Waals surface area contributed by atoms with Crippen LogP contribution in [0.3, 0.4) is 0 Å². The number of hydrogen-bond donors (Lipinski definition) is 2. The van der Waals surface area contributed by atoms with Crippen LogP contribution in [0.1, 0.15) is 12.1 Å². The minimum Gasteiger partial charge on any atom is -0.444 e. The molecule has 2 rings (SSSR count). The first-order chi connectivity index (χ1) is 10.3. The molecule has 0 atom stereocenters. The lowest BCUT2D eigenvalue weighted by molar-refractivity contribution is -0.118. The highest BCUT2D eigenvalue weighted by Crippen LogP contribution is 2.20. The number of oxazole rings is 1. The van der Waals surface area contributed by atoms with Gasteiger partial charge in [-0.15, -0.1) is 11.8 Å². The van der Waals surface area contributed by atoms with Crippen LogP contribution in [0.15, 0.2) is 41.0 Å². The molecule has 1 aromatic carbocycles. The van der Waals surface area contributed by atoms with Crippen LogP contribution in [0, 0.1) is 0 Å². The van der Waals surface area contributed by atoms with Gasteiger partial charge in [-0.3, -0.25) is 4.79 Å². The first-order valence-corrected chi connectivity index (χ1v) is 7.90. The number of amides is 1. The van der Waals surface area contributed by atoms with Crippen molar-refractivity contribution in [3.05, 3.63) is 42.3 Å². The average Bonchev–Trinajstić information content (AvgIpc) is 2.97. The van der Waals surface area contributed by atoms with Gasteiger partial charge in [0.05, 0.1) is 11.4 Å². The molecule has 0 aliphatic heterocycles. The quantitative estimate of drug-likeness (QED) is 0.730. The number of nitrogens with zero attached hydrogens (tertiary/aromatic N) is 1. The number of aliphatic hydroxyl groups excluding tert-OH is 1. The molecule has 1 aromatic heterocycles. The summed E-state index contributed by atoms with van der Waals surface area (Å²) in [4.78, 5) is 15.9. The third-order valence-electron chi connectivity index (χ3n) is 2.71. The van der Waals surface area contributed by atoms with Gasteiger partial charge in [-0.2, -0.15) is 0 Å². The average molecular weight is 306 g/mol. The smallest absolute Gasteiger partial charge is 0.230 e. The summed E-state index contributed by atoms with van der Waals surface area (Å²) >= 11 is 1.48. The Hall–Kier alpha value is -1.79. The van der Waals surface area contributed by atoms with Crippen molar-refractivity contribution in [3.8, 4) is 11.5 Å². The van der Waals surface area contributed by atoms with Crippen molar-refractivity contribution in [1.29, 1.82) is 0 Å². The second-order valence-electron chi connectivity index (χ2n) is 4.43. The van der Waals surface area contributed by atoms with Gasteiger partial charge in [0.1, 0.15) is 6.26 Å². The molecule has 0 fully saturated rings. The number of benzene rings is 1. The lowest BCUT2D eigenvalue weighted by Crippen LogP contribution is -2.26. The van der Waals surface area contributed by atoms with Gasteiger partial charge in [-0.1, -0.05) is 18.2 Å². The molecule has 0 spiro atoms. The van der Waals surface area contributed by atoms with Gasteiger partial charge >= 0.3 is 0 Å². The first kappa shape index (κ1) is 15.6. The Morgan fingerprint density at radius 2 is 2.14 bits per heavy atom. The predicted molar refractivity (Wildman–Crippen MR) is 82.8 cm³/mol. The fourth-order valence-electron chi connectivity index (χ4n) is 1.69. The Bertz CT molecular complexity index is 557. The highest BCUT2D eigenvalue weighted by molar-refractivity contribution is 7.99. The van der Waals surface area contributed by atoms with Gasteiger partial charge in [-0.25, -0.2) is 4.98 Å². The third kappa shape index (κ3) is 5.24. The molecule has 112 valence electrons. The summed E-state index contributed by atoms with van der Waals surface area (Å²) in [5, 5.41) is 11.4. The van der Waals surface area contributed by atoms with Crippen molar-refractivity contribution in [2.24, 2.45) is 0 Å². The molecule has 0 radical (unpaired) electrons. The molecule has 21 heavy (non-hydrogen) atoms. The van der Waals surface area contributed by atoms with Crippen molar-refractivity contribution in [3.63, 3.8) is 0 Å². The number of aromatic nitrogens is 1. The number of thioether (sulfide) groups is 1. The van der Waals surface area contributed by atoms with E-state index in [0.29, 0.717) is 30.4 Å².